The topological polar surface area (TPSA) is 73.8 Å². The summed E-state index contributed by atoms with van der Waals surface area (Å²) in [6.45, 7) is 1.87. The van der Waals surface area contributed by atoms with E-state index in [1.165, 1.54) is 0 Å². The summed E-state index contributed by atoms with van der Waals surface area (Å²) in [4.78, 5) is 11.8. The van der Waals surface area contributed by atoms with Crippen molar-refractivity contribution in [2.75, 3.05) is 5.32 Å². The van der Waals surface area contributed by atoms with Crippen LogP contribution in [0.4, 0.5) is 11.4 Å². The molecule has 4 aromatic rings. The van der Waals surface area contributed by atoms with Crippen LogP contribution in [0.2, 0.25) is 0 Å². The first-order chi connectivity index (χ1) is 10.7. The molecule has 0 saturated heterocycles. The van der Waals surface area contributed by atoms with E-state index in [4.69, 9.17) is 0 Å². The lowest BCUT2D eigenvalue weighted by atomic mass is 10.1. The van der Waals surface area contributed by atoms with E-state index in [1.54, 1.807) is 18.6 Å². The second-order valence-electron chi connectivity index (χ2n) is 5.27. The minimum Gasteiger partial charge on any atom is -0.508 e. The molecule has 2 heterocycles. The summed E-state index contributed by atoms with van der Waals surface area (Å²) in [6, 6.07) is 11.4. The fourth-order valence-electron chi connectivity index (χ4n) is 2.53. The van der Waals surface area contributed by atoms with E-state index in [0.717, 1.165) is 38.9 Å². The predicted molar refractivity (Wildman–Crippen MR) is 87.5 cm³/mol. The molecule has 3 N–H and O–H groups in total. The van der Waals surface area contributed by atoms with Gasteiger partial charge in [0, 0.05) is 29.0 Å². The molecular formula is C17H14N4O. The molecule has 22 heavy (non-hydrogen) atoms. The average Bonchev–Trinajstić information content (AvgIpc) is 2.96. The minimum atomic E-state index is 0.277. The number of aromatic hydroxyl groups is 1. The van der Waals surface area contributed by atoms with E-state index in [0.29, 0.717) is 0 Å². The number of imidazole rings is 1. The lowest BCUT2D eigenvalue weighted by Gasteiger charge is -2.10. The zero-order valence-corrected chi connectivity index (χ0v) is 12.0. The van der Waals surface area contributed by atoms with Crippen LogP contribution in [-0.2, 0) is 0 Å². The molecule has 0 fully saturated rings. The van der Waals surface area contributed by atoms with Gasteiger partial charge in [-0.3, -0.25) is 4.98 Å². The number of fused-ring (bicyclic) bond motifs is 2. The number of benzene rings is 2. The largest absolute Gasteiger partial charge is 0.508 e. The monoisotopic (exact) mass is 290 g/mol. The number of phenolic OH excluding ortho intramolecular Hbond substituents is 1. The molecule has 108 valence electrons. The fraction of sp³-hybridized carbons (Fsp3) is 0.0588. The number of aromatic amines is 1. The molecule has 0 atom stereocenters. The third kappa shape index (κ3) is 2.03. The molecule has 0 spiro atoms. The number of rotatable bonds is 2. The summed E-state index contributed by atoms with van der Waals surface area (Å²) < 4.78 is 0. The van der Waals surface area contributed by atoms with E-state index >= 15 is 0 Å². The zero-order valence-electron chi connectivity index (χ0n) is 12.0. The van der Waals surface area contributed by atoms with Crippen LogP contribution in [0.15, 0.2) is 48.9 Å². The van der Waals surface area contributed by atoms with Crippen LogP contribution in [-0.4, -0.2) is 20.1 Å². The molecule has 5 heteroatoms. The standard InChI is InChI=1S/C17H14N4O/c1-10-2-3-11(6-17(10)22)21-13-4-5-18-14-8-16-15(7-12(13)14)19-9-20-16/h2-9,22H,1H3,(H,18,21)(H,19,20). The number of nitrogens with one attached hydrogen (secondary N) is 2. The van der Waals surface area contributed by atoms with Crippen molar-refractivity contribution in [3.63, 3.8) is 0 Å². The average molecular weight is 290 g/mol. The van der Waals surface area contributed by atoms with E-state index < -0.39 is 0 Å². The highest BCUT2D eigenvalue weighted by molar-refractivity contribution is 6.00. The van der Waals surface area contributed by atoms with Crippen molar-refractivity contribution in [3.8, 4) is 5.75 Å². The summed E-state index contributed by atoms with van der Waals surface area (Å²) in [7, 11) is 0. The first-order valence-electron chi connectivity index (χ1n) is 6.99. The van der Waals surface area contributed by atoms with Gasteiger partial charge in [0.2, 0.25) is 0 Å². The number of H-pyrrole nitrogens is 1. The van der Waals surface area contributed by atoms with Crippen molar-refractivity contribution in [2.45, 2.75) is 6.92 Å². The number of aryl methyl sites for hydroxylation is 1. The Bertz CT molecular complexity index is 990. The van der Waals surface area contributed by atoms with Gasteiger partial charge >= 0.3 is 0 Å². The van der Waals surface area contributed by atoms with Crippen molar-refractivity contribution in [2.24, 2.45) is 0 Å². The first-order valence-corrected chi connectivity index (χ1v) is 6.99. The summed E-state index contributed by atoms with van der Waals surface area (Å²) in [5.74, 6) is 0.277. The van der Waals surface area contributed by atoms with Gasteiger partial charge in [-0.1, -0.05) is 6.07 Å². The van der Waals surface area contributed by atoms with E-state index in [9.17, 15) is 5.11 Å². The summed E-state index contributed by atoms with van der Waals surface area (Å²) >= 11 is 0. The maximum Gasteiger partial charge on any atom is 0.120 e. The maximum absolute atomic E-state index is 9.84. The summed E-state index contributed by atoms with van der Waals surface area (Å²) in [5, 5.41) is 14.2. The molecule has 0 aliphatic carbocycles. The smallest absolute Gasteiger partial charge is 0.120 e. The molecule has 5 nitrogen and oxygen atoms in total. The van der Waals surface area contributed by atoms with Crippen molar-refractivity contribution in [1.29, 1.82) is 0 Å². The molecule has 0 bridgehead atoms. The van der Waals surface area contributed by atoms with Gasteiger partial charge in [-0.15, -0.1) is 0 Å². The fourth-order valence-corrected chi connectivity index (χ4v) is 2.53. The third-order valence-corrected chi connectivity index (χ3v) is 3.77. The number of anilines is 2. The lowest BCUT2D eigenvalue weighted by Crippen LogP contribution is -1.93. The number of pyridine rings is 1. The maximum atomic E-state index is 9.84. The zero-order chi connectivity index (χ0) is 15.1. The molecule has 0 aliphatic rings. The van der Waals surface area contributed by atoms with Crippen LogP contribution in [0.25, 0.3) is 21.9 Å². The molecular weight excluding hydrogens is 276 g/mol. The van der Waals surface area contributed by atoms with Crippen LogP contribution in [0, 0.1) is 6.92 Å². The van der Waals surface area contributed by atoms with E-state index in [1.807, 2.05) is 37.3 Å². The molecule has 0 unspecified atom stereocenters. The molecule has 0 amide bonds. The Labute approximate surface area is 126 Å². The Hall–Kier alpha value is -3.08. The summed E-state index contributed by atoms with van der Waals surface area (Å²) in [6.07, 6.45) is 3.44. The van der Waals surface area contributed by atoms with E-state index in [2.05, 4.69) is 20.3 Å². The van der Waals surface area contributed by atoms with Crippen molar-refractivity contribution in [1.82, 2.24) is 15.0 Å². The molecule has 2 aromatic carbocycles. The van der Waals surface area contributed by atoms with Gasteiger partial charge in [0.15, 0.2) is 0 Å². The SMILES string of the molecule is Cc1ccc(Nc2ccnc3cc4nc[nH]c4cc23)cc1O. The molecule has 4 rings (SSSR count). The van der Waals surface area contributed by atoms with E-state index in [-0.39, 0.29) is 5.75 Å². The van der Waals surface area contributed by atoms with Gasteiger partial charge in [-0.25, -0.2) is 4.98 Å². The minimum absolute atomic E-state index is 0.277. The molecule has 2 aromatic heterocycles. The third-order valence-electron chi connectivity index (χ3n) is 3.77. The Morgan fingerprint density at radius 1 is 1.05 bits per heavy atom. The molecule has 0 saturated carbocycles. The van der Waals surface area contributed by atoms with Gasteiger partial charge < -0.3 is 15.4 Å². The van der Waals surface area contributed by atoms with Crippen LogP contribution in [0.1, 0.15) is 5.56 Å². The van der Waals surface area contributed by atoms with Gasteiger partial charge in [-0.05, 0) is 36.8 Å². The quantitative estimate of drug-likeness (QED) is 0.524. The number of phenols is 1. The lowest BCUT2D eigenvalue weighted by molar-refractivity contribution is 0.471. The molecule has 0 aliphatic heterocycles. The Morgan fingerprint density at radius 2 is 1.95 bits per heavy atom. The van der Waals surface area contributed by atoms with Gasteiger partial charge in [0.25, 0.3) is 0 Å². The first kappa shape index (κ1) is 12.6. The van der Waals surface area contributed by atoms with Crippen LogP contribution >= 0.6 is 0 Å². The number of nitrogens with zero attached hydrogens (tertiary/aromatic N) is 2. The van der Waals surface area contributed by atoms with Gasteiger partial charge in [0.1, 0.15) is 5.75 Å². The van der Waals surface area contributed by atoms with Gasteiger partial charge in [-0.2, -0.15) is 0 Å². The highest BCUT2D eigenvalue weighted by atomic mass is 16.3. The highest BCUT2D eigenvalue weighted by Crippen LogP contribution is 2.29. The number of hydrogen-bond acceptors (Lipinski definition) is 4. The normalized spacial score (nSPS) is 11.1. The number of hydrogen-bond donors (Lipinski definition) is 3. The van der Waals surface area contributed by atoms with Crippen LogP contribution < -0.4 is 5.32 Å². The van der Waals surface area contributed by atoms with Crippen molar-refractivity contribution in [3.05, 3.63) is 54.5 Å². The van der Waals surface area contributed by atoms with Gasteiger partial charge in [0.05, 0.1) is 22.9 Å². The Balaban J connectivity index is 1.84. The molecule has 0 radical (unpaired) electrons. The Kier molecular flexibility index (Phi) is 2.72. The number of aromatic nitrogens is 3. The predicted octanol–water partition coefficient (Wildman–Crippen LogP) is 3.87. The Morgan fingerprint density at radius 3 is 2.82 bits per heavy atom. The highest BCUT2D eigenvalue weighted by Gasteiger charge is 2.07. The van der Waals surface area contributed by atoms with Crippen LogP contribution in [0.3, 0.4) is 0 Å². The second kappa shape index (κ2) is 4.73. The second-order valence-corrected chi connectivity index (χ2v) is 5.27. The van der Waals surface area contributed by atoms with Crippen LogP contribution in [0.5, 0.6) is 5.75 Å². The van der Waals surface area contributed by atoms with Crippen molar-refractivity contribution >= 4 is 33.3 Å². The van der Waals surface area contributed by atoms with Crippen molar-refractivity contribution < 1.29 is 5.11 Å². The summed E-state index contributed by atoms with van der Waals surface area (Å²) in [5.41, 5.74) is 5.36.